The van der Waals surface area contributed by atoms with Crippen LogP contribution in [0.5, 0.6) is 0 Å². The molecule has 0 saturated heterocycles. The second-order valence-electron chi connectivity index (χ2n) is 4.02. The summed E-state index contributed by atoms with van der Waals surface area (Å²) < 4.78 is 30.1. The summed E-state index contributed by atoms with van der Waals surface area (Å²) in [6.07, 6.45) is 0.530. The van der Waals surface area contributed by atoms with Crippen LogP contribution in [-0.2, 0) is 14.8 Å². The van der Waals surface area contributed by atoms with Crippen LogP contribution < -0.4 is 4.72 Å². The lowest BCUT2D eigenvalue weighted by Gasteiger charge is -2.20. The van der Waals surface area contributed by atoms with Crippen LogP contribution in [0.3, 0.4) is 0 Å². The standard InChI is InChI=1S/C8H19NO3S/c1-8(2,3)9-13(10,11)7-5-6-12-4/h9H,5-7H2,1-4H3. The summed E-state index contributed by atoms with van der Waals surface area (Å²) in [7, 11) is -1.58. The van der Waals surface area contributed by atoms with Crippen LogP contribution >= 0.6 is 0 Å². The first-order chi connectivity index (χ1) is 5.77. The van der Waals surface area contributed by atoms with E-state index in [1.807, 2.05) is 20.8 Å². The minimum Gasteiger partial charge on any atom is -0.385 e. The summed E-state index contributed by atoms with van der Waals surface area (Å²) in [5, 5.41) is 0. The van der Waals surface area contributed by atoms with Crippen LogP contribution in [0.2, 0.25) is 0 Å². The van der Waals surface area contributed by atoms with Crippen molar-refractivity contribution in [2.24, 2.45) is 0 Å². The third-order valence-corrected chi connectivity index (χ3v) is 2.97. The molecule has 0 aliphatic heterocycles. The number of rotatable bonds is 5. The highest BCUT2D eigenvalue weighted by Crippen LogP contribution is 2.02. The van der Waals surface area contributed by atoms with Crippen molar-refractivity contribution in [3.8, 4) is 0 Å². The van der Waals surface area contributed by atoms with Gasteiger partial charge < -0.3 is 4.74 Å². The molecule has 0 amide bonds. The van der Waals surface area contributed by atoms with E-state index in [-0.39, 0.29) is 5.75 Å². The van der Waals surface area contributed by atoms with Gasteiger partial charge in [-0.05, 0) is 27.2 Å². The van der Waals surface area contributed by atoms with E-state index in [1.54, 1.807) is 7.11 Å². The molecule has 1 N–H and O–H groups in total. The maximum Gasteiger partial charge on any atom is 0.212 e. The Balaban J connectivity index is 3.96. The molecule has 5 heteroatoms. The molecule has 0 radical (unpaired) electrons. The molecular formula is C8H19NO3S. The lowest BCUT2D eigenvalue weighted by atomic mass is 10.1. The summed E-state index contributed by atoms with van der Waals surface area (Å²) in [5.74, 6) is 0.123. The topological polar surface area (TPSA) is 55.4 Å². The van der Waals surface area contributed by atoms with Gasteiger partial charge in [0.05, 0.1) is 5.75 Å². The summed E-state index contributed by atoms with van der Waals surface area (Å²) in [6, 6.07) is 0. The van der Waals surface area contributed by atoms with Gasteiger partial charge >= 0.3 is 0 Å². The van der Waals surface area contributed by atoms with Gasteiger partial charge in [-0.15, -0.1) is 0 Å². The molecule has 13 heavy (non-hydrogen) atoms. The van der Waals surface area contributed by atoms with Gasteiger partial charge in [-0.1, -0.05) is 0 Å². The van der Waals surface area contributed by atoms with Gasteiger partial charge in [-0.3, -0.25) is 0 Å². The Bertz CT molecular complexity index is 228. The number of hydrogen-bond acceptors (Lipinski definition) is 3. The van der Waals surface area contributed by atoms with Crippen LogP contribution in [0.15, 0.2) is 0 Å². The Morgan fingerprint density at radius 2 is 1.85 bits per heavy atom. The van der Waals surface area contributed by atoms with Crippen LogP contribution in [0.1, 0.15) is 27.2 Å². The normalized spacial score (nSPS) is 13.2. The summed E-state index contributed by atoms with van der Waals surface area (Å²) in [4.78, 5) is 0. The third-order valence-electron chi connectivity index (χ3n) is 1.22. The van der Waals surface area contributed by atoms with Crippen LogP contribution in [0.4, 0.5) is 0 Å². The van der Waals surface area contributed by atoms with Crippen molar-refractivity contribution in [3.05, 3.63) is 0 Å². The molecule has 0 rings (SSSR count). The van der Waals surface area contributed by atoms with Crippen LogP contribution in [0.25, 0.3) is 0 Å². The van der Waals surface area contributed by atoms with E-state index in [2.05, 4.69) is 4.72 Å². The Morgan fingerprint density at radius 3 is 2.23 bits per heavy atom. The van der Waals surface area contributed by atoms with Crippen molar-refractivity contribution >= 4 is 10.0 Å². The molecule has 0 aromatic heterocycles. The Kier molecular flexibility index (Phi) is 4.88. The van der Waals surface area contributed by atoms with Crippen molar-refractivity contribution in [2.45, 2.75) is 32.7 Å². The maximum atomic E-state index is 11.4. The highest BCUT2D eigenvalue weighted by molar-refractivity contribution is 7.89. The number of ether oxygens (including phenoxy) is 1. The lowest BCUT2D eigenvalue weighted by Crippen LogP contribution is -2.41. The van der Waals surface area contributed by atoms with Gasteiger partial charge in [0.2, 0.25) is 10.0 Å². The fourth-order valence-corrected chi connectivity index (χ4v) is 2.44. The first kappa shape index (κ1) is 12.9. The number of sulfonamides is 1. The molecule has 0 fully saturated rings. The zero-order valence-corrected chi connectivity index (χ0v) is 9.57. The van der Waals surface area contributed by atoms with Gasteiger partial charge in [-0.25, -0.2) is 13.1 Å². The van der Waals surface area contributed by atoms with Crippen molar-refractivity contribution in [3.63, 3.8) is 0 Å². The van der Waals surface area contributed by atoms with Crippen molar-refractivity contribution in [1.82, 2.24) is 4.72 Å². The van der Waals surface area contributed by atoms with Gasteiger partial charge in [0.15, 0.2) is 0 Å². The smallest absolute Gasteiger partial charge is 0.212 e. The third kappa shape index (κ3) is 8.21. The van der Waals surface area contributed by atoms with Gasteiger partial charge in [0, 0.05) is 19.3 Å². The Morgan fingerprint density at radius 1 is 1.31 bits per heavy atom. The summed E-state index contributed by atoms with van der Waals surface area (Å²) >= 11 is 0. The van der Waals surface area contributed by atoms with Crippen molar-refractivity contribution in [2.75, 3.05) is 19.5 Å². The lowest BCUT2D eigenvalue weighted by molar-refractivity contribution is 0.199. The number of methoxy groups -OCH3 is 1. The van der Waals surface area contributed by atoms with E-state index in [0.717, 1.165) is 0 Å². The molecule has 0 aliphatic carbocycles. The van der Waals surface area contributed by atoms with E-state index < -0.39 is 15.6 Å². The Labute approximate surface area is 80.7 Å². The van der Waals surface area contributed by atoms with E-state index in [1.165, 1.54) is 0 Å². The summed E-state index contributed by atoms with van der Waals surface area (Å²) in [6.45, 7) is 5.94. The highest BCUT2D eigenvalue weighted by atomic mass is 32.2. The number of hydrogen-bond donors (Lipinski definition) is 1. The molecule has 0 heterocycles. The zero-order chi connectivity index (χ0) is 10.5. The van der Waals surface area contributed by atoms with E-state index in [9.17, 15) is 8.42 Å². The Hall–Kier alpha value is -0.130. The maximum absolute atomic E-state index is 11.4. The highest BCUT2D eigenvalue weighted by Gasteiger charge is 2.18. The zero-order valence-electron chi connectivity index (χ0n) is 8.75. The number of nitrogens with one attached hydrogen (secondary N) is 1. The predicted octanol–water partition coefficient (Wildman–Crippen LogP) is 0.741. The van der Waals surface area contributed by atoms with Crippen molar-refractivity contribution in [1.29, 1.82) is 0 Å². The average molecular weight is 209 g/mol. The molecule has 0 saturated carbocycles. The quantitative estimate of drug-likeness (QED) is 0.679. The first-order valence-electron chi connectivity index (χ1n) is 4.27. The largest absolute Gasteiger partial charge is 0.385 e. The molecular weight excluding hydrogens is 190 g/mol. The van der Waals surface area contributed by atoms with Crippen LogP contribution in [0, 0.1) is 0 Å². The molecule has 80 valence electrons. The minimum atomic E-state index is -3.14. The minimum absolute atomic E-state index is 0.123. The average Bonchev–Trinajstić information content (AvgIpc) is 1.81. The first-order valence-corrected chi connectivity index (χ1v) is 5.93. The molecule has 0 aliphatic rings. The second-order valence-corrected chi connectivity index (χ2v) is 5.86. The summed E-state index contributed by atoms with van der Waals surface area (Å²) in [5.41, 5.74) is -0.397. The molecule has 0 spiro atoms. The van der Waals surface area contributed by atoms with Gasteiger partial charge in [-0.2, -0.15) is 0 Å². The molecule has 0 bridgehead atoms. The van der Waals surface area contributed by atoms with Crippen LogP contribution in [-0.4, -0.2) is 33.4 Å². The molecule has 0 atom stereocenters. The molecule has 0 aromatic rings. The molecule has 0 aromatic carbocycles. The van der Waals surface area contributed by atoms with Crippen molar-refractivity contribution < 1.29 is 13.2 Å². The van der Waals surface area contributed by atoms with Gasteiger partial charge in [0.25, 0.3) is 0 Å². The van der Waals surface area contributed by atoms with E-state index in [4.69, 9.17) is 4.74 Å². The fraction of sp³-hybridized carbons (Fsp3) is 1.00. The van der Waals surface area contributed by atoms with E-state index in [0.29, 0.717) is 13.0 Å². The van der Waals surface area contributed by atoms with E-state index >= 15 is 0 Å². The second kappa shape index (κ2) is 4.93. The monoisotopic (exact) mass is 209 g/mol. The van der Waals surface area contributed by atoms with Gasteiger partial charge in [0.1, 0.15) is 0 Å². The SMILES string of the molecule is COCCCS(=O)(=O)NC(C)(C)C. The molecule has 4 nitrogen and oxygen atoms in total. The fourth-order valence-electron chi connectivity index (χ4n) is 0.911. The predicted molar refractivity (Wildman–Crippen MR) is 53.2 cm³/mol. The molecule has 0 unspecified atom stereocenters.